The molecule has 1 saturated carbocycles. The summed E-state index contributed by atoms with van der Waals surface area (Å²) in [4.78, 5) is 28.8. The summed E-state index contributed by atoms with van der Waals surface area (Å²) in [6.07, 6.45) is -3.31. The lowest BCUT2D eigenvalue weighted by atomic mass is 9.90. The van der Waals surface area contributed by atoms with Crippen molar-refractivity contribution in [3.8, 4) is 5.75 Å². The van der Waals surface area contributed by atoms with Crippen LogP contribution in [0.3, 0.4) is 0 Å². The number of hydrogen-bond donors (Lipinski definition) is 2. The normalized spacial score (nSPS) is 22.5. The first-order chi connectivity index (χ1) is 13.5. The van der Waals surface area contributed by atoms with Crippen molar-refractivity contribution in [2.45, 2.75) is 37.5 Å². The summed E-state index contributed by atoms with van der Waals surface area (Å²) in [6.45, 7) is 1.57. The first kappa shape index (κ1) is 19.1. The summed E-state index contributed by atoms with van der Waals surface area (Å²) in [5.41, 5.74) is 2.74. The Labute approximate surface area is 164 Å². The Morgan fingerprint density at radius 3 is 2.28 bits per heavy atom. The van der Waals surface area contributed by atoms with E-state index in [1.54, 1.807) is 6.92 Å². The van der Waals surface area contributed by atoms with Crippen molar-refractivity contribution in [2.24, 2.45) is 0 Å². The molecule has 1 heterocycles. The lowest BCUT2D eigenvalue weighted by Gasteiger charge is -2.32. The van der Waals surface area contributed by atoms with E-state index in [-0.39, 0.29) is 17.5 Å². The summed E-state index contributed by atoms with van der Waals surface area (Å²) < 4.78 is 39.8. The topological polar surface area (TPSA) is 86.9 Å². The number of halogens is 3. The number of phenolic OH excluding ortho intramolecular Hbond substituents is 1. The Morgan fingerprint density at radius 1 is 1.10 bits per heavy atom. The second kappa shape index (κ2) is 6.13. The van der Waals surface area contributed by atoms with Crippen molar-refractivity contribution >= 4 is 23.3 Å². The van der Waals surface area contributed by atoms with E-state index >= 15 is 0 Å². The number of carbonyl (C=O) groups is 2. The molecule has 1 aliphatic heterocycles. The van der Waals surface area contributed by atoms with Crippen molar-refractivity contribution in [3.05, 3.63) is 53.6 Å². The Balaban J connectivity index is 1.83. The molecule has 4 rings (SSSR count). The molecule has 9 heteroatoms. The number of carbonyl (C=O) groups excluding carboxylic acids is 2. The van der Waals surface area contributed by atoms with Crippen LogP contribution in [0.5, 0.6) is 5.75 Å². The number of urea groups is 1. The van der Waals surface area contributed by atoms with Gasteiger partial charge in [-0.1, -0.05) is 12.1 Å². The first-order valence-electron chi connectivity index (χ1n) is 8.99. The first-order valence-corrected chi connectivity index (χ1v) is 8.99. The van der Waals surface area contributed by atoms with Gasteiger partial charge in [-0.25, -0.2) is 9.69 Å². The Kier molecular flexibility index (Phi) is 4.04. The van der Waals surface area contributed by atoms with Gasteiger partial charge in [0.1, 0.15) is 11.3 Å². The third-order valence-corrected chi connectivity index (χ3v) is 5.44. The smallest absolute Gasteiger partial charge is 0.418 e. The van der Waals surface area contributed by atoms with Crippen molar-refractivity contribution in [1.29, 1.82) is 0 Å². The summed E-state index contributed by atoms with van der Waals surface area (Å²) in [6, 6.07) is 8.00. The van der Waals surface area contributed by atoms with Crippen LogP contribution in [0, 0.1) is 0 Å². The number of nitrogen functional groups attached to an aromatic ring is 1. The molecule has 0 aromatic heterocycles. The van der Waals surface area contributed by atoms with Gasteiger partial charge in [0.15, 0.2) is 0 Å². The second-order valence-electron chi connectivity index (χ2n) is 7.41. The number of nitrogens with zero attached hydrogens (tertiary/aromatic N) is 2. The van der Waals surface area contributed by atoms with Crippen molar-refractivity contribution < 1.29 is 27.9 Å². The number of imide groups is 1. The Bertz CT molecular complexity index is 1000. The van der Waals surface area contributed by atoms with E-state index in [4.69, 9.17) is 5.73 Å². The average molecular weight is 405 g/mol. The zero-order chi connectivity index (χ0) is 21.1. The zero-order valence-corrected chi connectivity index (χ0v) is 15.4. The molecule has 0 radical (unpaired) electrons. The predicted molar refractivity (Wildman–Crippen MR) is 99.1 cm³/mol. The molecular formula is C20H18F3N3O3. The van der Waals surface area contributed by atoms with Gasteiger partial charge in [-0.3, -0.25) is 4.79 Å². The molecule has 2 fully saturated rings. The highest BCUT2D eigenvalue weighted by atomic mass is 19.4. The lowest BCUT2D eigenvalue weighted by molar-refractivity contribution is -0.137. The number of nitrogens with two attached hydrogens (primary N) is 1. The van der Waals surface area contributed by atoms with E-state index in [2.05, 4.69) is 0 Å². The van der Waals surface area contributed by atoms with Crippen LogP contribution in [0.25, 0.3) is 0 Å². The highest BCUT2D eigenvalue weighted by Gasteiger charge is 2.60. The third kappa shape index (κ3) is 2.88. The largest absolute Gasteiger partial charge is 0.508 e. The number of anilines is 2. The molecule has 1 saturated heterocycles. The van der Waals surface area contributed by atoms with E-state index < -0.39 is 34.9 Å². The van der Waals surface area contributed by atoms with Gasteiger partial charge in [0.05, 0.1) is 11.3 Å². The van der Waals surface area contributed by atoms with Gasteiger partial charge in [-0.2, -0.15) is 13.2 Å². The van der Waals surface area contributed by atoms with E-state index in [1.807, 2.05) is 0 Å². The maximum atomic E-state index is 13.4. The minimum atomic E-state index is -4.72. The third-order valence-electron chi connectivity index (χ3n) is 5.44. The lowest BCUT2D eigenvalue weighted by Crippen LogP contribution is -2.45. The molecule has 0 bridgehead atoms. The van der Waals surface area contributed by atoms with Crippen LogP contribution in [0.4, 0.5) is 29.3 Å². The predicted octanol–water partition coefficient (Wildman–Crippen LogP) is 3.84. The molecular weight excluding hydrogens is 387 g/mol. The summed E-state index contributed by atoms with van der Waals surface area (Å²) in [7, 11) is 0. The van der Waals surface area contributed by atoms with Gasteiger partial charge in [-0.15, -0.1) is 0 Å². The monoisotopic (exact) mass is 405 g/mol. The van der Waals surface area contributed by atoms with Crippen LogP contribution in [0.15, 0.2) is 42.5 Å². The standard InChI is InChI=1S/C20H18F3N3O3/c1-19(11-2-7-14(27)8-3-11)17(28)25(18(29)26(19)12-4-5-12)13-6-9-16(24)15(10-13)20(21,22)23/h2-3,6-10,12,27H,4-5,24H2,1H3. The van der Waals surface area contributed by atoms with Gasteiger partial charge < -0.3 is 15.7 Å². The molecule has 0 spiro atoms. The number of amides is 3. The SMILES string of the molecule is CC1(c2ccc(O)cc2)C(=O)N(c2ccc(N)c(C(F)(F)F)c2)C(=O)N1C1CC1. The summed E-state index contributed by atoms with van der Waals surface area (Å²) in [5.74, 6) is -0.657. The van der Waals surface area contributed by atoms with Crippen LogP contribution in [-0.4, -0.2) is 28.0 Å². The van der Waals surface area contributed by atoms with Crippen LogP contribution in [0.2, 0.25) is 0 Å². The maximum absolute atomic E-state index is 13.4. The van der Waals surface area contributed by atoms with Crippen molar-refractivity contribution in [2.75, 3.05) is 10.6 Å². The fraction of sp³-hybridized carbons (Fsp3) is 0.300. The molecule has 3 N–H and O–H groups in total. The highest BCUT2D eigenvalue weighted by molar-refractivity contribution is 6.23. The molecule has 1 atom stereocenters. The van der Waals surface area contributed by atoms with Crippen LogP contribution in [-0.2, 0) is 16.5 Å². The van der Waals surface area contributed by atoms with E-state index in [0.717, 1.165) is 17.0 Å². The van der Waals surface area contributed by atoms with Crippen LogP contribution < -0.4 is 10.6 Å². The number of benzene rings is 2. The fourth-order valence-electron chi connectivity index (χ4n) is 3.77. The van der Waals surface area contributed by atoms with Crippen LogP contribution in [0.1, 0.15) is 30.9 Å². The van der Waals surface area contributed by atoms with Gasteiger partial charge >= 0.3 is 12.2 Å². The minimum absolute atomic E-state index is 0.00250. The van der Waals surface area contributed by atoms with Gasteiger partial charge in [0.2, 0.25) is 0 Å². The van der Waals surface area contributed by atoms with Crippen molar-refractivity contribution in [1.82, 2.24) is 4.90 Å². The number of phenols is 1. The molecule has 2 aromatic carbocycles. The summed E-state index contributed by atoms with van der Waals surface area (Å²) >= 11 is 0. The number of hydrogen-bond acceptors (Lipinski definition) is 4. The Hall–Kier alpha value is -3.23. The van der Waals surface area contributed by atoms with E-state index in [1.165, 1.54) is 35.2 Å². The van der Waals surface area contributed by atoms with E-state index in [9.17, 15) is 27.9 Å². The fourth-order valence-corrected chi connectivity index (χ4v) is 3.77. The number of aromatic hydroxyl groups is 1. The molecule has 3 amide bonds. The van der Waals surface area contributed by atoms with Gasteiger partial charge in [-0.05, 0) is 55.7 Å². The quantitative estimate of drug-likeness (QED) is 0.600. The summed E-state index contributed by atoms with van der Waals surface area (Å²) in [5, 5.41) is 9.56. The molecule has 152 valence electrons. The minimum Gasteiger partial charge on any atom is -0.508 e. The molecule has 2 aromatic rings. The molecule has 2 aliphatic rings. The molecule has 1 unspecified atom stereocenters. The van der Waals surface area contributed by atoms with Gasteiger partial charge in [0, 0.05) is 11.7 Å². The van der Waals surface area contributed by atoms with Crippen LogP contribution >= 0.6 is 0 Å². The molecule has 29 heavy (non-hydrogen) atoms. The molecule has 1 aliphatic carbocycles. The average Bonchev–Trinajstić information content (AvgIpc) is 3.44. The zero-order valence-electron chi connectivity index (χ0n) is 15.4. The van der Waals surface area contributed by atoms with Gasteiger partial charge in [0.25, 0.3) is 5.91 Å². The second-order valence-corrected chi connectivity index (χ2v) is 7.41. The van der Waals surface area contributed by atoms with E-state index in [0.29, 0.717) is 18.4 Å². The number of alkyl halides is 3. The number of rotatable bonds is 3. The molecule has 6 nitrogen and oxygen atoms in total. The Morgan fingerprint density at radius 2 is 1.72 bits per heavy atom. The highest BCUT2D eigenvalue weighted by Crippen LogP contribution is 2.47. The van der Waals surface area contributed by atoms with Crippen molar-refractivity contribution in [3.63, 3.8) is 0 Å². The maximum Gasteiger partial charge on any atom is 0.418 e.